The number of aliphatic imine (C=N–C) groups is 1. The van der Waals surface area contributed by atoms with Gasteiger partial charge in [-0.25, -0.2) is 9.38 Å². The third-order valence-electron chi connectivity index (χ3n) is 4.62. The van der Waals surface area contributed by atoms with E-state index >= 15 is 0 Å². The maximum atomic E-state index is 14.4. The van der Waals surface area contributed by atoms with Crippen LogP contribution in [0, 0.1) is 5.82 Å². The van der Waals surface area contributed by atoms with Crippen molar-refractivity contribution in [1.29, 1.82) is 0 Å². The predicted molar refractivity (Wildman–Crippen MR) is 107 cm³/mol. The summed E-state index contributed by atoms with van der Waals surface area (Å²) in [4.78, 5) is 15.4. The first-order valence-corrected chi connectivity index (χ1v) is 9.61. The Bertz CT molecular complexity index is 1020. The first-order chi connectivity index (χ1) is 15.2. The van der Waals surface area contributed by atoms with Crippen molar-refractivity contribution in [3.63, 3.8) is 0 Å². The molecule has 0 saturated heterocycles. The van der Waals surface area contributed by atoms with E-state index in [1.807, 2.05) is 0 Å². The molecule has 0 bridgehead atoms. The van der Waals surface area contributed by atoms with Gasteiger partial charge in [0.25, 0.3) is 11.6 Å². The van der Waals surface area contributed by atoms with E-state index in [1.54, 1.807) is 6.92 Å². The number of halogens is 7. The lowest BCUT2D eigenvalue weighted by Crippen LogP contribution is -2.45. The Morgan fingerprint density at radius 1 is 1.06 bits per heavy atom. The number of aliphatic hydroxyl groups is 1. The molecule has 0 radical (unpaired) electrons. The van der Waals surface area contributed by atoms with E-state index in [4.69, 9.17) is 5.73 Å². The van der Waals surface area contributed by atoms with Gasteiger partial charge in [-0.15, -0.1) is 0 Å². The minimum absolute atomic E-state index is 0.00418. The quantitative estimate of drug-likeness (QED) is 0.288. The summed E-state index contributed by atoms with van der Waals surface area (Å²) >= 11 is 0. The first-order valence-electron chi connectivity index (χ1n) is 9.61. The van der Waals surface area contributed by atoms with Crippen LogP contribution >= 0.6 is 0 Å². The van der Waals surface area contributed by atoms with Crippen LogP contribution in [-0.4, -0.2) is 28.8 Å². The fraction of sp³-hybridized carbons (Fsp3) is 0.333. The van der Waals surface area contributed by atoms with Crippen LogP contribution < -0.4 is 11.1 Å². The lowest BCUT2D eigenvalue weighted by atomic mass is 10.1. The van der Waals surface area contributed by atoms with Crippen LogP contribution in [0.3, 0.4) is 0 Å². The number of unbranched alkanes of at least 4 members (excludes halogenated alkanes) is 1. The van der Waals surface area contributed by atoms with Crippen LogP contribution in [0.5, 0.6) is 0 Å². The van der Waals surface area contributed by atoms with Gasteiger partial charge in [0.2, 0.25) is 0 Å². The van der Waals surface area contributed by atoms with Gasteiger partial charge in [0, 0.05) is 17.7 Å². The van der Waals surface area contributed by atoms with Crippen molar-refractivity contribution in [3.8, 4) is 0 Å². The van der Waals surface area contributed by atoms with Crippen molar-refractivity contribution in [2.45, 2.75) is 44.3 Å². The van der Waals surface area contributed by atoms with Gasteiger partial charge in [-0.05, 0) is 42.8 Å². The molecule has 1 amide bonds. The number of nitrogens with two attached hydrogens (primary N) is 1. The predicted octanol–water partition coefficient (Wildman–Crippen LogP) is 5.24. The Labute approximate surface area is 184 Å². The van der Waals surface area contributed by atoms with Crippen LogP contribution in [0.25, 0.3) is 0 Å². The van der Waals surface area contributed by atoms with Gasteiger partial charge in [0.15, 0.2) is 0 Å². The monoisotopic (exact) mass is 479 g/mol. The molecule has 2 rings (SSSR count). The maximum Gasteiger partial charge on any atom is 0.438 e. The Morgan fingerprint density at radius 3 is 2.15 bits per heavy atom. The number of nitrogens with zero attached hydrogens (tertiary/aromatic N) is 1. The number of rotatable bonds is 7. The van der Waals surface area contributed by atoms with Gasteiger partial charge < -0.3 is 16.2 Å². The number of carbonyl (C=O) groups is 1. The molecule has 1 unspecified atom stereocenters. The smallest absolute Gasteiger partial charge is 0.383 e. The molecule has 180 valence electrons. The summed E-state index contributed by atoms with van der Waals surface area (Å²) in [7, 11) is 0. The van der Waals surface area contributed by atoms with Gasteiger partial charge in [-0.1, -0.05) is 19.4 Å². The minimum atomic E-state index is -5.12. The highest BCUT2D eigenvalue weighted by atomic mass is 19.4. The summed E-state index contributed by atoms with van der Waals surface area (Å²) in [5.41, 5.74) is 0.267. The van der Waals surface area contributed by atoms with Crippen LogP contribution in [0.1, 0.15) is 47.7 Å². The van der Waals surface area contributed by atoms with E-state index < -0.39 is 53.2 Å². The average Bonchev–Trinajstić information content (AvgIpc) is 2.71. The fourth-order valence-corrected chi connectivity index (χ4v) is 2.75. The van der Waals surface area contributed by atoms with Crippen molar-refractivity contribution < 1.29 is 40.6 Å². The van der Waals surface area contributed by atoms with Crippen LogP contribution in [0.15, 0.2) is 47.5 Å². The minimum Gasteiger partial charge on any atom is -0.383 e. The van der Waals surface area contributed by atoms with Crippen LogP contribution in [0.4, 0.5) is 36.4 Å². The molecule has 0 spiro atoms. The summed E-state index contributed by atoms with van der Waals surface area (Å²) in [5, 5.41) is 12.1. The van der Waals surface area contributed by atoms with Crippen LogP contribution in [-0.2, 0) is 6.18 Å². The second-order valence-electron chi connectivity index (χ2n) is 7.14. The van der Waals surface area contributed by atoms with Crippen LogP contribution in [0.2, 0.25) is 0 Å². The molecular formula is C21H20F7N3O2. The zero-order valence-corrected chi connectivity index (χ0v) is 17.2. The van der Waals surface area contributed by atoms with Crippen molar-refractivity contribution >= 4 is 17.4 Å². The van der Waals surface area contributed by atoms with E-state index in [-0.39, 0.29) is 17.7 Å². The normalized spacial score (nSPS) is 14.6. The average molecular weight is 479 g/mol. The molecule has 12 heteroatoms. The summed E-state index contributed by atoms with van der Waals surface area (Å²) < 4.78 is 92.0. The number of hydrogen-bond acceptors (Lipinski definition) is 3. The Morgan fingerprint density at radius 2 is 1.67 bits per heavy atom. The molecule has 33 heavy (non-hydrogen) atoms. The number of benzene rings is 2. The number of carbonyl (C=O) groups excluding carboxylic acids is 1. The summed E-state index contributed by atoms with van der Waals surface area (Å²) in [6.07, 6.45) is -10.1. The highest BCUT2D eigenvalue weighted by molar-refractivity contribution is 6.05. The van der Waals surface area contributed by atoms with Crippen molar-refractivity contribution in [2.24, 2.45) is 10.7 Å². The number of nitrogens with one attached hydrogen (secondary N) is 1. The lowest BCUT2D eigenvalue weighted by Gasteiger charge is -2.27. The molecule has 0 aromatic heterocycles. The molecule has 0 heterocycles. The molecule has 0 aliphatic heterocycles. The zero-order valence-electron chi connectivity index (χ0n) is 17.2. The number of amides is 1. The third-order valence-corrected chi connectivity index (χ3v) is 4.62. The standard InChI is InChI=1S/C21H20F7N3O2/c1-2-3-10-19(33,21(26,27)28)31-17(29)12-4-9-15(16(22)11-12)18(32)30-14-7-5-13(6-8-14)20(23,24)25/h4-9,11,33H,2-3,10H2,1H3,(H2,29,31)(H,30,32). The molecule has 5 nitrogen and oxygen atoms in total. The molecule has 0 fully saturated rings. The SMILES string of the molecule is CCCCC(O)(/N=C(\N)c1ccc(C(=O)Nc2ccc(C(F)(F)F)cc2)c(F)c1)C(F)(F)F. The Kier molecular flexibility index (Phi) is 7.73. The Hall–Kier alpha value is -3.15. The molecule has 1 atom stereocenters. The van der Waals surface area contributed by atoms with Gasteiger partial charge >= 0.3 is 12.4 Å². The highest BCUT2D eigenvalue weighted by Crippen LogP contribution is 2.36. The van der Waals surface area contributed by atoms with Gasteiger partial charge in [0.1, 0.15) is 11.7 Å². The third kappa shape index (κ3) is 6.44. The second kappa shape index (κ2) is 9.77. The molecule has 2 aromatic carbocycles. The van der Waals surface area contributed by atoms with Crippen molar-refractivity contribution in [3.05, 3.63) is 65.0 Å². The van der Waals surface area contributed by atoms with E-state index in [0.29, 0.717) is 12.5 Å². The molecular weight excluding hydrogens is 459 g/mol. The number of hydrogen-bond donors (Lipinski definition) is 3. The molecule has 0 aliphatic rings. The molecule has 0 saturated carbocycles. The summed E-state index contributed by atoms with van der Waals surface area (Å²) in [6, 6.07) is 6.03. The van der Waals surface area contributed by atoms with Gasteiger partial charge in [0.05, 0.1) is 11.1 Å². The number of alkyl halides is 6. The Balaban J connectivity index is 2.24. The van der Waals surface area contributed by atoms with E-state index in [1.165, 1.54) is 0 Å². The van der Waals surface area contributed by atoms with E-state index in [2.05, 4.69) is 10.3 Å². The fourth-order valence-electron chi connectivity index (χ4n) is 2.75. The van der Waals surface area contributed by atoms with Gasteiger partial charge in [-0.3, -0.25) is 4.79 Å². The van der Waals surface area contributed by atoms with E-state index in [9.17, 15) is 40.6 Å². The lowest BCUT2D eigenvalue weighted by molar-refractivity contribution is -0.259. The topological polar surface area (TPSA) is 87.7 Å². The molecule has 2 aromatic rings. The highest BCUT2D eigenvalue weighted by Gasteiger charge is 2.53. The number of anilines is 1. The molecule has 4 N–H and O–H groups in total. The number of amidine groups is 1. The molecule has 0 aliphatic carbocycles. The largest absolute Gasteiger partial charge is 0.438 e. The summed E-state index contributed by atoms with van der Waals surface area (Å²) in [5.74, 6) is -2.97. The second-order valence-corrected chi connectivity index (χ2v) is 7.14. The first kappa shape index (κ1) is 26.1. The van der Waals surface area contributed by atoms with Gasteiger partial charge in [-0.2, -0.15) is 26.3 Å². The summed E-state index contributed by atoms with van der Waals surface area (Å²) in [6.45, 7) is 1.62. The maximum absolute atomic E-state index is 14.4. The van der Waals surface area contributed by atoms with Crippen molar-refractivity contribution in [2.75, 3.05) is 5.32 Å². The van der Waals surface area contributed by atoms with Crippen molar-refractivity contribution in [1.82, 2.24) is 0 Å². The zero-order chi connectivity index (χ0) is 25.0. The van der Waals surface area contributed by atoms with E-state index in [0.717, 1.165) is 36.4 Å².